The first kappa shape index (κ1) is 8.73. The zero-order valence-corrected chi connectivity index (χ0v) is 8.61. The Labute approximate surface area is 81.6 Å². The average Bonchev–Trinajstić information content (AvgIpc) is 2.44. The number of benzene rings is 1. The van der Waals surface area contributed by atoms with Crippen molar-refractivity contribution in [2.45, 2.75) is 20.5 Å². The van der Waals surface area contributed by atoms with Crippen molar-refractivity contribution in [1.82, 2.24) is 0 Å². The van der Waals surface area contributed by atoms with Gasteiger partial charge in [-0.15, -0.1) is 11.3 Å². The van der Waals surface area contributed by atoms with E-state index >= 15 is 0 Å². The first-order chi connectivity index (χ1) is 6.22. The third-order valence-electron chi connectivity index (χ3n) is 2.33. The minimum atomic E-state index is 0.157. The molecule has 1 heterocycles. The Morgan fingerprint density at radius 3 is 2.77 bits per heavy atom. The lowest BCUT2D eigenvalue weighted by Gasteiger charge is -1.94. The summed E-state index contributed by atoms with van der Waals surface area (Å²) in [6.07, 6.45) is 0. The molecule has 0 atom stereocenters. The molecule has 0 amide bonds. The molecule has 2 rings (SSSR count). The molecule has 1 aromatic carbocycles. The van der Waals surface area contributed by atoms with Gasteiger partial charge in [-0.3, -0.25) is 0 Å². The Hall–Kier alpha value is -0.860. The summed E-state index contributed by atoms with van der Waals surface area (Å²) in [6.45, 7) is 4.32. The van der Waals surface area contributed by atoms with Crippen LogP contribution in [0, 0.1) is 13.8 Å². The van der Waals surface area contributed by atoms with Crippen LogP contribution in [0.15, 0.2) is 18.2 Å². The van der Waals surface area contributed by atoms with Gasteiger partial charge in [-0.05, 0) is 30.9 Å². The normalized spacial score (nSPS) is 11.0. The second-order valence-electron chi connectivity index (χ2n) is 3.31. The number of aliphatic hydroxyl groups excluding tert-OH is 1. The zero-order valence-electron chi connectivity index (χ0n) is 7.79. The second kappa shape index (κ2) is 3.13. The molecule has 1 N–H and O–H groups in total. The van der Waals surface area contributed by atoms with Gasteiger partial charge in [0.1, 0.15) is 0 Å². The van der Waals surface area contributed by atoms with E-state index in [4.69, 9.17) is 5.11 Å². The van der Waals surface area contributed by atoms with E-state index in [0.29, 0.717) is 0 Å². The van der Waals surface area contributed by atoms with E-state index < -0.39 is 0 Å². The predicted molar refractivity (Wildman–Crippen MR) is 57.2 cm³/mol. The van der Waals surface area contributed by atoms with Crippen molar-refractivity contribution in [1.29, 1.82) is 0 Å². The van der Waals surface area contributed by atoms with E-state index in [1.165, 1.54) is 21.2 Å². The fourth-order valence-corrected chi connectivity index (χ4v) is 2.59. The van der Waals surface area contributed by atoms with Crippen LogP contribution in [0.5, 0.6) is 0 Å². The highest BCUT2D eigenvalue weighted by Gasteiger charge is 2.06. The summed E-state index contributed by atoms with van der Waals surface area (Å²) in [4.78, 5) is 1.08. The molecule has 0 aliphatic heterocycles. The van der Waals surface area contributed by atoms with Gasteiger partial charge in [0, 0.05) is 9.58 Å². The Balaban J connectivity index is 2.77. The number of thiophene rings is 1. The van der Waals surface area contributed by atoms with E-state index in [-0.39, 0.29) is 6.61 Å². The standard InChI is InChI=1S/C11H12OS/c1-7-3-4-10-9(5-7)8(2)11(6-12)13-10/h3-5,12H,6H2,1-2H3. The van der Waals surface area contributed by atoms with E-state index in [1.54, 1.807) is 11.3 Å². The summed E-state index contributed by atoms with van der Waals surface area (Å²) in [5.74, 6) is 0. The van der Waals surface area contributed by atoms with Crippen LogP contribution in [0.4, 0.5) is 0 Å². The Kier molecular flexibility index (Phi) is 2.10. The molecule has 2 aromatic rings. The molecule has 0 bridgehead atoms. The van der Waals surface area contributed by atoms with E-state index in [2.05, 4.69) is 32.0 Å². The van der Waals surface area contributed by atoms with Crippen LogP contribution < -0.4 is 0 Å². The van der Waals surface area contributed by atoms with Crippen LogP contribution in [-0.2, 0) is 6.61 Å². The third-order valence-corrected chi connectivity index (χ3v) is 3.59. The highest BCUT2D eigenvalue weighted by molar-refractivity contribution is 7.19. The topological polar surface area (TPSA) is 20.2 Å². The zero-order chi connectivity index (χ0) is 9.42. The van der Waals surface area contributed by atoms with Crippen LogP contribution in [0.2, 0.25) is 0 Å². The maximum Gasteiger partial charge on any atom is 0.0777 e. The number of hydrogen-bond donors (Lipinski definition) is 1. The first-order valence-corrected chi connectivity index (χ1v) is 5.13. The molecule has 0 spiro atoms. The van der Waals surface area contributed by atoms with Gasteiger partial charge in [0.15, 0.2) is 0 Å². The predicted octanol–water partition coefficient (Wildman–Crippen LogP) is 3.01. The van der Waals surface area contributed by atoms with Crippen LogP contribution in [0.25, 0.3) is 10.1 Å². The number of aryl methyl sites for hydroxylation is 2. The van der Waals surface area contributed by atoms with Gasteiger partial charge in [0.2, 0.25) is 0 Å². The molecule has 1 aromatic heterocycles. The molecule has 0 unspecified atom stereocenters. The SMILES string of the molecule is Cc1ccc2sc(CO)c(C)c2c1. The molecule has 0 fully saturated rings. The summed E-state index contributed by atoms with van der Waals surface area (Å²) in [6, 6.07) is 6.42. The van der Waals surface area contributed by atoms with Crippen LogP contribution in [-0.4, -0.2) is 5.11 Å². The molecule has 0 aliphatic rings. The molecule has 0 saturated carbocycles. The van der Waals surface area contributed by atoms with Crippen molar-refractivity contribution in [3.63, 3.8) is 0 Å². The summed E-state index contributed by atoms with van der Waals surface area (Å²) < 4.78 is 1.27. The molecular weight excluding hydrogens is 180 g/mol. The number of rotatable bonds is 1. The number of aliphatic hydroxyl groups is 1. The number of hydrogen-bond acceptors (Lipinski definition) is 2. The molecule has 2 heteroatoms. The third kappa shape index (κ3) is 1.36. The highest BCUT2D eigenvalue weighted by Crippen LogP contribution is 2.31. The molecule has 0 saturated heterocycles. The quantitative estimate of drug-likeness (QED) is 0.736. The molecule has 0 aliphatic carbocycles. The van der Waals surface area contributed by atoms with Crippen molar-refractivity contribution in [3.8, 4) is 0 Å². The van der Waals surface area contributed by atoms with E-state index in [1.807, 2.05) is 0 Å². The summed E-state index contributed by atoms with van der Waals surface area (Å²) in [7, 11) is 0. The molecule has 0 radical (unpaired) electrons. The number of fused-ring (bicyclic) bond motifs is 1. The fourth-order valence-electron chi connectivity index (χ4n) is 1.54. The van der Waals surface area contributed by atoms with Crippen molar-refractivity contribution >= 4 is 21.4 Å². The minimum absolute atomic E-state index is 0.157. The van der Waals surface area contributed by atoms with Crippen LogP contribution >= 0.6 is 11.3 Å². The van der Waals surface area contributed by atoms with Gasteiger partial charge in [-0.1, -0.05) is 17.7 Å². The lowest BCUT2D eigenvalue weighted by atomic mass is 10.1. The van der Waals surface area contributed by atoms with Crippen molar-refractivity contribution in [2.75, 3.05) is 0 Å². The van der Waals surface area contributed by atoms with E-state index in [0.717, 1.165) is 4.88 Å². The van der Waals surface area contributed by atoms with Gasteiger partial charge in [0.25, 0.3) is 0 Å². The van der Waals surface area contributed by atoms with Gasteiger partial charge < -0.3 is 5.11 Å². The lowest BCUT2D eigenvalue weighted by molar-refractivity contribution is 0.285. The van der Waals surface area contributed by atoms with Crippen molar-refractivity contribution in [2.24, 2.45) is 0 Å². The average molecular weight is 192 g/mol. The summed E-state index contributed by atoms with van der Waals surface area (Å²) in [5, 5.41) is 10.4. The van der Waals surface area contributed by atoms with Crippen LogP contribution in [0.3, 0.4) is 0 Å². The van der Waals surface area contributed by atoms with Crippen LogP contribution in [0.1, 0.15) is 16.0 Å². The van der Waals surface area contributed by atoms with Gasteiger partial charge in [0.05, 0.1) is 6.61 Å². The fraction of sp³-hybridized carbons (Fsp3) is 0.273. The summed E-state index contributed by atoms with van der Waals surface area (Å²) >= 11 is 1.68. The van der Waals surface area contributed by atoms with Crippen molar-refractivity contribution in [3.05, 3.63) is 34.2 Å². The molecule has 1 nitrogen and oxygen atoms in total. The lowest BCUT2D eigenvalue weighted by Crippen LogP contribution is -1.79. The Morgan fingerprint density at radius 1 is 1.31 bits per heavy atom. The maximum absolute atomic E-state index is 9.10. The minimum Gasteiger partial charge on any atom is -0.391 e. The van der Waals surface area contributed by atoms with Crippen molar-refractivity contribution < 1.29 is 5.11 Å². The van der Waals surface area contributed by atoms with Gasteiger partial charge >= 0.3 is 0 Å². The second-order valence-corrected chi connectivity index (χ2v) is 4.44. The Bertz CT molecular complexity index is 443. The maximum atomic E-state index is 9.10. The largest absolute Gasteiger partial charge is 0.391 e. The highest BCUT2D eigenvalue weighted by atomic mass is 32.1. The smallest absolute Gasteiger partial charge is 0.0777 e. The molecular formula is C11H12OS. The van der Waals surface area contributed by atoms with Gasteiger partial charge in [-0.25, -0.2) is 0 Å². The summed E-state index contributed by atoms with van der Waals surface area (Å²) in [5.41, 5.74) is 2.50. The Morgan fingerprint density at radius 2 is 2.08 bits per heavy atom. The first-order valence-electron chi connectivity index (χ1n) is 4.32. The molecule has 13 heavy (non-hydrogen) atoms. The van der Waals surface area contributed by atoms with Gasteiger partial charge in [-0.2, -0.15) is 0 Å². The monoisotopic (exact) mass is 192 g/mol. The molecule has 68 valence electrons. The van der Waals surface area contributed by atoms with E-state index in [9.17, 15) is 0 Å².